The molecule has 7 heteroatoms. The van der Waals surface area contributed by atoms with Crippen LogP contribution in [0.1, 0.15) is 13.8 Å². The molecule has 0 spiro atoms. The van der Waals surface area contributed by atoms with Crippen molar-refractivity contribution < 1.29 is 24.9 Å². The Bertz CT molecular complexity index is 177. The number of carbonyl (C=O) groups is 1. The molecule has 0 radical (unpaired) electrons. The minimum atomic E-state index is -2.12. The molecule has 7 nitrogen and oxygen atoms in total. The van der Waals surface area contributed by atoms with Gasteiger partial charge in [-0.1, -0.05) is 0 Å². The molecule has 0 rings (SSSR count). The summed E-state index contributed by atoms with van der Waals surface area (Å²) in [5, 5.41) is 19.7. The van der Waals surface area contributed by atoms with Gasteiger partial charge in [-0.25, -0.2) is 9.68 Å². The van der Waals surface area contributed by atoms with Crippen LogP contribution in [0, 0.1) is 4.91 Å². The Labute approximate surface area is 67.8 Å². The third-order valence-electron chi connectivity index (χ3n) is 1.37. The number of aliphatic hydroxyl groups is 2. The average molecular weight is 179 g/mol. The van der Waals surface area contributed by atoms with Gasteiger partial charge in [0.15, 0.2) is 5.60 Å². The molecule has 0 aliphatic carbocycles. The number of carbonyl (C=O) groups excluding carboxylic acids is 1. The molecule has 0 saturated heterocycles. The standard InChI is InChI=1S/C5H9NO6/c1-3(7)5(2,9)4(8)11-12-6-10/h3,7,9H,1-2H3. The topological polar surface area (TPSA) is 105 Å². The summed E-state index contributed by atoms with van der Waals surface area (Å²) in [5.74, 6) is -1.29. The van der Waals surface area contributed by atoms with Gasteiger partial charge < -0.3 is 10.2 Å². The minimum Gasteiger partial charge on any atom is -0.390 e. The summed E-state index contributed by atoms with van der Waals surface area (Å²) in [6.45, 7) is 2.18. The largest absolute Gasteiger partial charge is 0.391 e. The third-order valence-corrected chi connectivity index (χ3v) is 1.37. The molecule has 0 aromatic carbocycles. The van der Waals surface area contributed by atoms with Gasteiger partial charge in [0.05, 0.1) is 6.10 Å². The summed E-state index contributed by atoms with van der Waals surface area (Å²) in [7, 11) is 0. The zero-order valence-corrected chi connectivity index (χ0v) is 6.55. The second-order valence-electron chi connectivity index (χ2n) is 2.34. The molecule has 2 unspecified atom stereocenters. The lowest BCUT2D eigenvalue weighted by Gasteiger charge is -2.21. The van der Waals surface area contributed by atoms with Gasteiger partial charge in [-0.2, -0.15) is 0 Å². The van der Waals surface area contributed by atoms with Crippen molar-refractivity contribution in [1.82, 2.24) is 0 Å². The van der Waals surface area contributed by atoms with E-state index >= 15 is 0 Å². The SMILES string of the molecule is CC(O)C(C)(O)C(=O)OON=O. The van der Waals surface area contributed by atoms with Crippen LogP contribution in [0.25, 0.3) is 0 Å². The van der Waals surface area contributed by atoms with Crippen LogP contribution in [-0.2, 0) is 14.7 Å². The zero-order valence-electron chi connectivity index (χ0n) is 6.55. The van der Waals surface area contributed by atoms with Crippen molar-refractivity contribution in [2.45, 2.75) is 25.6 Å². The summed E-state index contributed by atoms with van der Waals surface area (Å²) < 4.78 is 0. The highest BCUT2D eigenvalue weighted by Crippen LogP contribution is 2.11. The van der Waals surface area contributed by atoms with Crippen molar-refractivity contribution in [2.75, 3.05) is 0 Å². The molecular weight excluding hydrogens is 170 g/mol. The van der Waals surface area contributed by atoms with Crippen molar-refractivity contribution in [2.24, 2.45) is 5.34 Å². The maximum Gasteiger partial charge on any atom is 0.391 e. The van der Waals surface area contributed by atoms with Crippen LogP contribution in [0.2, 0.25) is 0 Å². The minimum absolute atomic E-state index is 1.01. The van der Waals surface area contributed by atoms with E-state index in [-0.39, 0.29) is 0 Å². The van der Waals surface area contributed by atoms with Crippen molar-refractivity contribution in [3.05, 3.63) is 4.91 Å². The highest BCUT2D eigenvalue weighted by Gasteiger charge is 2.39. The number of rotatable bonds is 4. The Morgan fingerprint density at radius 2 is 2.17 bits per heavy atom. The van der Waals surface area contributed by atoms with E-state index < -0.39 is 17.7 Å². The van der Waals surface area contributed by atoms with Crippen LogP contribution < -0.4 is 0 Å². The fraction of sp³-hybridized carbons (Fsp3) is 0.800. The highest BCUT2D eigenvalue weighted by molar-refractivity contribution is 5.78. The number of hydrogen-bond donors (Lipinski definition) is 2. The van der Waals surface area contributed by atoms with Crippen molar-refractivity contribution in [1.29, 1.82) is 0 Å². The van der Waals surface area contributed by atoms with Crippen LogP contribution in [-0.4, -0.2) is 27.9 Å². The molecule has 0 bridgehead atoms. The number of aliphatic hydroxyl groups excluding tert-OH is 1. The van der Waals surface area contributed by atoms with Gasteiger partial charge in [0, 0.05) is 0 Å². The van der Waals surface area contributed by atoms with E-state index in [4.69, 9.17) is 10.2 Å². The molecule has 70 valence electrons. The predicted molar refractivity (Wildman–Crippen MR) is 35.3 cm³/mol. The molecular formula is C5H9NO6. The van der Waals surface area contributed by atoms with Crippen molar-refractivity contribution in [3.8, 4) is 0 Å². The molecule has 0 saturated carbocycles. The first-order valence-electron chi connectivity index (χ1n) is 3.04. The van der Waals surface area contributed by atoms with Crippen LogP contribution in [0.3, 0.4) is 0 Å². The van der Waals surface area contributed by atoms with Gasteiger partial charge >= 0.3 is 5.97 Å². The van der Waals surface area contributed by atoms with Gasteiger partial charge in [-0.05, 0) is 13.8 Å². The van der Waals surface area contributed by atoms with E-state index in [2.05, 4.69) is 9.88 Å². The first-order valence-corrected chi connectivity index (χ1v) is 3.04. The molecule has 0 aromatic rings. The summed E-state index contributed by atoms with van der Waals surface area (Å²) in [4.78, 5) is 27.1. The third kappa shape index (κ3) is 2.44. The van der Waals surface area contributed by atoms with E-state index in [0.717, 1.165) is 6.92 Å². The van der Waals surface area contributed by atoms with Crippen LogP contribution in [0.15, 0.2) is 5.34 Å². The molecule has 0 heterocycles. The lowest BCUT2D eigenvalue weighted by molar-refractivity contribution is -0.290. The van der Waals surface area contributed by atoms with E-state index in [0.29, 0.717) is 0 Å². The quantitative estimate of drug-likeness (QED) is 0.335. The van der Waals surface area contributed by atoms with Gasteiger partial charge in [0.25, 0.3) is 0 Å². The Hall–Kier alpha value is -1.21. The fourth-order valence-electron chi connectivity index (χ4n) is 0.304. The molecule has 0 aliphatic heterocycles. The first-order chi connectivity index (χ1) is 5.42. The monoisotopic (exact) mass is 179 g/mol. The summed E-state index contributed by atoms with van der Waals surface area (Å²) >= 11 is 0. The van der Waals surface area contributed by atoms with E-state index in [9.17, 15) is 9.70 Å². The molecule has 0 amide bonds. The second-order valence-corrected chi connectivity index (χ2v) is 2.34. The Balaban J connectivity index is 4.15. The number of hydrogen-bond acceptors (Lipinski definition) is 7. The van der Waals surface area contributed by atoms with Crippen LogP contribution >= 0.6 is 0 Å². The molecule has 2 atom stereocenters. The predicted octanol–water partition coefficient (Wildman–Crippen LogP) is -0.726. The summed E-state index contributed by atoms with van der Waals surface area (Å²) in [5.41, 5.74) is -2.12. The maximum absolute atomic E-state index is 10.7. The van der Waals surface area contributed by atoms with E-state index in [1.807, 2.05) is 0 Å². The lowest BCUT2D eigenvalue weighted by atomic mass is 10.0. The maximum atomic E-state index is 10.7. The Kier molecular flexibility index (Phi) is 3.58. The molecule has 0 aromatic heterocycles. The van der Waals surface area contributed by atoms with E-state index in [1.54, 1.807) is 5.34 Å². The fourth-order valence-corrected chi connectivity index (χ4v) is 0.304. The normalized spacial score (nSPS) is 17.3. The second kappa shape index (κ2) is 3.98. The van der Waals surface area contributed by atoms with Crippen molar-refractivity contribution >= 4 is 5.97 Å². The molecule has 0 fully saturated rings. The first kappa shape index (κ1) is 10.8. The Morgan fingerprint density at radius 3 is 2.50 bits per heavy atom. The summed E-state index contributed by atoms with van der Waals surface area (Å²) in [6, 6.07) is 0. The Morgan fingerprint density at radius 1 is 1.67 bits per heavy atom. The van der Waals surface area contributed by atoms with Crippen molar-refractivity contribution in [3.63, 3.8) is 0 Å². The van der Waals surface area contributed by atoms with Crippen LogP contribution in [0.4, 0.5) is 0 Å². The molecule has 0 aliphatic rings. The lowest BCUT2D eigenvalue weighted by Crippen LogP contribution is -2.46. The van der Waals surface area contributed by atoms with Gasteiger partial charge in [-0.3, -0.25) is 0 Å². The number of nitrogens with zero attached hydrogens (tertiary/aromatic N) is 1. The van der Waals surface area contributed by atoms with Gasteiger partial charge in [-0.15, -0.1) is 9.90 Å². The molecule has 2 N–H and O–H groups in total. The zero-order chi connectivity index (χ0) is 9.78. The van der Waals surface area contributed by atoms with Crippen LogP contribution in [0.5, 0.6) is 0 Å². The summed E-state index contributed by atoms with van der Waals surface area (Å²) in [6.07, 6.45) is -1.35. The van der Waals surface area contributed by atoms with Gasteiger partial charge in [0.2, 0.25) is 5.34 Å². The van der Waals surface area contributed by atoms with Gasteiger partial charge in [0.1, 0.15) is 0 Å². The highest BCUT2D eigenvalue weighted by atomic mass is 17.3. The smallest absolute Gasteiger partial charge is 0.390 e. The van der Waals surface area contributed by atoms with E-state index in [1.165, 1.54) is 6.92 Å². The average Bonchev–Trinajstić information content (AvgIpc) is 1.99. The molecule has 12 heavy (non-hydrogen) atoms.